The molecule has 80 valence electrons. The van der Waals surface area contributed by atoms with Crippen LogP contribution in [0.15, 0.2) is 6.20 Å². The second kappa shape index (κ2) is 5.95. The zero-order valence-corrected chi connectivity index (χ0v) is 8.93. The predicted octanol–water partition coefficient (Wildman–Crippen LogP) is 0.783. The third kappa shape index (κ3) is 3.93. The van der Waals surface area contributed by atoms with Crippen molar-refractivity contribution in [2.45, 2.75) is 0 Å². The van der Waals surface area contributed by atoms with Gasteiger partial charge in [-0.05, 0) is 0 Å². The Balaban J connectivity index is 2.35. The first kappa shape index (κ1) is 11.4. The van der Waals surface area contributed by atoms with Gasteiger partial charge in [0.1, 0.15) is 10.9 Å². The number of urea groups is 1. The molecule has 0 aliphatic carbocycles. The first-order valence-corrected chi connectivity index (χ1v) is 4.97. The Labute approximate surface area is 90.9 Å². The number of thiazole rings is 1. The number of amides is 2. The Kier molecular flexibility index (Phi) is 4.53. The molecule has 0 aromatic carbocycles. The molecule has 0 aliphatic rings. The van der Waals surface area contributed by atoms with Crippen LogP contribution in [-0.4, -0.2) is 31.3 Å². The van der Waals surface area contributed by atoms with Gasteiger partial charge in [0.05, 0.1) is 12.8 Å². The molecular formula is C8H10N4O2S. The van der Waals surface area contributed by atoms with Crippen molar-refractivity contribution in [2.75, 3.05) is 25.6 Å². The van der Waals surface area contributed by atoms with Gasteiger partial charge in [0.15, 0.2) is 5.13 Å². The minimum atomic E-state index is -0.356. The highest BCUT2D eigenvalue weighted by atomic mass is 32.1. The van der Waals surface area contributed by atoms with Crippen molar-refractivity contribution in [3.8, 4) is 6.07 Å². The van der Waals surface area contributed by atoms with E-state index in [9.17, 15) is 4.79 Å². The Morgan fingerprint density at radius 1 is 1.80 bits per heavy atom. The Morgan fingerprint density at radius 3 is 3.20 bits per heavy atom. The van der Waals surface area contributed by atoms with Crippen molar-refractivity contribution in [1.29, 1.82) is 5.26 Å². The number of nitriles is 1. The molecule has 0 atom stereocenters. The van der Waals surface area contributed by atoms with Crippen LogP contribution >= 0.6 is 11.3 Å². The largest absolute Gasteiger partial charge is 0.383 e. The van der Waals surface area contributed by atoms with Crippen LogP contribution in [0.4, 0.5) is 9.93 Å². The number of aromatic nitrogens is 1. The predicted molar refractivity (Wildman–Crippen MR) is 55.7 cm³/mol. The van der Waals surface area contributed by atoms with E-state index in [4.69, 9.17) is 10.00 Å². The molecule has 15 heavy (non-hydrogen) atoms. The van der Waals surface area contributed by atoms with Gasteiger partial charge in [-0.25, -0.2) is 9.78 Å². The van der Waals surface area contributed by atoms with E-state index in [2.05, 4.69) is 15.6 Å². The molecule has 2 N–H and O–H groups in total. The van der Waals surface area contributed by atoms with Crippen molar-refractivity contribution in [3.63, 3.8) is 0 Å². The lowest BCUT2D eigenvalue weighted by atomic mass is 10.6. The van der Waals surface area contributed by atoms with E-state index in [0.717, 1.165) is 11.3 Å². The van der Waals surface area contributed by atoms with Crippen LogP contribution < -0.4 is 10.6 Å². The van der Waals surface area contributed by atoms with Gasteiger partial charge in [0, 0.05) is 13.7 Å². The Morgan fingerprint density at radius 2 is 2.60 bits per heavy atom. The Hall–Kier alpha value is -1.65. The number of methoxy groups -OCH3 is 1. The summed E-state index contributed by atoms with van der Waals surface area (Å²) in [6, 6.07) is 1.58. The first-order valence-electron chi connectivity index (χ1n) is 4.16. The minimum Gasteiger partial charge on any atom is -0.383 e. The van der Waals surface area contributed by atoms with E-state index in [0.29, 0.717) is 23.2 Å². The number of carbonyl (C=O) groups excluding carboxylic acids is 1. The second-order valence-corrected chi connectivity index (χ2v) is 3.55. The molecule has 2 amide bonds. The van der Waals surface area contributed by atoms with E-state index in [1.807, 2.05) is 6.07 Å². The summed E-state index contributed by atoms with van der Waals surface area (Å²) in [5.41, 5.74) is 0. The van der Waals surface area contributed by atoms with Crippen LogP contribution in [-0.2, 0) is 4.74 Å². The highest BCUT2D eigenvalue weighted by molar-refractivity contribution is 7.16. The molecule has 0 spiro atoms. The molecule has 0 saturated heterocycles. The molecule has 0 unspecified atom stereocenters. The number of nitrogens with one attached hydrogen (secondary N) is 2. The van der Waals surface area contributed by atoms with E-state index >= 15 is 0 Å². The summed E-state index contributed by atoms with van der Waals surface area (Å²) in [4.78, 5) is 15.5. The number of anilines is 1. The summed E-state index contributed by atoms with van der Waals surface area (Å²) in [5.74, 6) is 0. The molecule has 1 aromatic rings. The highest BCUT2D eigenvalue weighted by Gasteiger charge is 2.04. The first-order chi connectivity index (χ1) is 7.26. The molecule has 0 radical (unpaired) electrons. The molecule has 7 heteroatoms. The fraction of sp³-hybridized carbons (Fsp3) is 0.375. The molecule has 0 bridgehead atoms. The molecular weight excluding hydrogens is 216 g/mol. The maximum absolute atomic E-state index is 11.2. The van der Waals surface area contributed by atoms with E-state index in [-0.39, 0.29) is 6.03 Å². The average Bonchev–Trinajstić information content (AvgIpc) is 2.66. The standard InChI is InChI=1S/C8H10N4O2S/c1-14-3-2-10-7(13)12-8-11-5-6(4-9)15-8/h5H,2-3H2,1H3,(H2,10,11,12,13). The molecule has 1 rings (SSSR count). The van der Waals surface area contributed by atoms with Crippen LogP contribution in [0.1, 0.15) is 4.88 Å². The maximum Gasteiger partial charge on any atom is 0.321 e. The summed E-state index contributed by atoms with van der Waals surface area (Å²) < 4.78 is 4.77. The fourth-order valence-corrected chi connectivity index (χ4v) is 1.40. The summed E-state index contributed by atoms with van der Waals surface area (Å²) in [6.07, 6.45) is 1.41. The lowest BCUT2D eigenvalue weighted by Crippen LogP contribution is -2.31. The fourth-order valence-electron chi connectivity index (χ4n) is 0.792. The summed E-state index contributed by atoms with van der Waals surface area (Å²) >= 11 is 1.12. The topological polar surface area (TPSA) is 87.0 Å². The molecule has 0 saturated carbocycles. The minimum absolute atomic E-state index is 0.356. The van der Waals surface area contributed by atoms with Gasteiger partial charge in [0.25, 0.3) is 0 Å². The second-order valence-electron chi connectivity index (χ2n) is 2.52. The van der Waals surface area contributed by atoms with E-state index in [1.54, 1.807) is 7.11 Å². The maximum atomic E-state index is 11.2. The normalized spacial score (nSPS) is 9.33. The van der Waals surface area contributed by atoms with Crippen molar-refractivity contribution < 1.29 is 9.53 Å². The third-order valence-corrected chi connectivity index (χ3v) is 2.25. The van der Waals surface area contributed by atoms with Crippen molar-refractivity contribution in [1.82, 2.24) is 10.3 Å². The van der Waals surface area contributed by atoms with Gasteiger partial charge in [0.2, 0.25) is 0 Å². The van der Waals surface area contributed by atoms with E-state index < -0.39 is 0 Å². The van der Waals surface area contributed by atoms with Gasteiger partial charge in [-0.1, -0.05) is 11.3 Å². The molecule has 0 aliphatic heterocycles. The Bertz CT molecular complexity index is 371. The molecule has 1 aromatic heterocycles. The number of nitrogens with zero attached hydrogens (tertiary/aromatic N) is 2. The van der Waals surface area contributed by atoms with Gasteiger partial charge in [-0.3, -0.25) is 5.32 Å². The van der Waals surface area contributed by atoms with Crippen molar-refractivity contribution in [2.24, 2.45) is 0 Å². The summed E-state index contributed by atoms with van der Waals surface area (Å²) in [5, 5.41) is 14.0. The van der Waals surface area contributed by atoms with Crippen LogP contribution in [0.3, 0.4) is 0 Å². The number of carbonyl (C=O) groups is 1. The number of hydrogen-bond acceptors (Lipinski definition) is 5. The molecule has 0 fully saturated rings. The number of hydrogen-bond donors (Lipinski definition) is 2. The lowest BCUT2D eigenvalue weighted by Gasteiger charge is -2.03. The van der Waals surface area contributed by atoms with Crippen molar-refractivity contribution in [3.05, 3.63) is 11.1 Å². The average molecular weight is 226 g/mol. The highest BCUT2D eigenvalue weighted by Crippen LogP contribution is 2.16. The number of ether oxygens (including phenoxy) is 1. The lowest BCUT2D eigenvalue weighted by molar-refractivity contribution is 0.198. The third-order valence-electron chi connectivity index (χ3n) is 1.43. The van der Waals surface area contributed by atoms with Crippen molar-refractivity contribution >= 4 is 22.5 Å². The SMILES string of the molecule is COCCNC(=O)Nc1ncc(C#N)s1. The van der Waals surface area contributed by atoms with Crippen LogP contribution in [0, 0.1) is 11.3 Å². The van der Waals surface area contributed by atoms with Gasteiger partial charge in [-0.15, -0.1) is 0 Å². The smallest absolute Gasteiger partial charge is 0.321 e. The zero-order chi connectivity index (χ0) is 11.1. The zero-order valence-electron chi connectivity index (χ0n) is 8.11. The molecule has 6 nitrogen and oxygen atoms in total. The summed E-state index contributed by atoms with van der Waals surface area (Å²) in [6.45, 7) is 0.882. The van der Waals surface area contributed by atoms with Gasteiger partial charge < -0.3 is 10.1 Å². The van der Waals surface area contributed by atoms with Gasteiger partial charge in [-0.2, -0.15) is 5.26 Å². The van der Waals surface area contributed by atoms with Gasteiger partial charge >= 0.3 is 6.03 Å². The van der Waals surface area contributed by atoms with Crippen LogP contribution in [0.2, 0.25) is 0 Å². The number of rotatable bonds is 4. The summed E-state index contributed by atoms with van der Waals surface area (Å²) in [7, 11) is 1.56. The van der Waals surface area contributed by atoms with Crippen LogP contribution in [0.5, 0.6) is 0 Å². The monoisotopic (exact) mass is 226 g/mol. The van der Waals surface area contributed by atoms with Crippen LogP contribution in [0.25, 0.3) is 0 Å². The van der Waals surface area contributed by atoms with E-state index in [1.165, 1.54) is 6.20 Å². The quantitative estimate of drug-likeness (QED) is 0.743. The molecule has 1 heterocycles.